The van der Waals surface area contributed by atoms with E-state index in [1.807, 2.05) is 12.4 Å². The van der Waals surface area contributed by atoms with Crippen LogP contribution in [0.1, 0.15) is 18.4 Å². The average Bonchev–Trinajstić information content (AvgIpc) is 2.69. The molecule has 1 aromatic carbocycles. The van der Waals surface area contributed by atoms with Gasteiger partial charge in [0.25, 0.3) is 0 Å². The number of anilines is 3. The minimum absolute atomic E-state index is 0.514. The van der Waals surface area contributed by atoms with Crippen molar-refractivity contribution in [3.8, 4) is 0 Å². The van der Waals surface area contributed by atoms with Crippen molar-refractivity contribution in [2.24, 2.45) is 0 Å². The molecule has 2 aliphatic rings. The topological polar surface area (TPSA) is 38.7 Å². The molecule has 0 unspecified atom stereocenters. The van der Waals surface area contributed by atoms with E-state index in [9.17, 15) is 0 Å². The third-order valence-corrected chi connectivity index (χ3v) is 5.32. The third-order valence-electron chi connectivity index (χ3n) is 5.32. The Balaban J connectivity index is 1.41. The van der Waals surface area contributed by atoms with Crippen LogP contribution in [0.3, 0.4) is 0 Å². The Morgan fingerprint density at radius 3 is 2.33 bits per heavy atom. The number of hydrogen-bond acceptors (Lipinski definition) is 6. The fourth-order valence-corrected chi connectivity index (χ4v) is 3.93. The van der Waals surface area contributed by atoms with Crippen molar-refractivity contribution >= 4 is 17.3 Å². The van der Waals surface area contributed by atoms with E-state index in [0.717, 1.165) is 44.0 Å². The average molecular weight is 364 g/mol. The van der Waals surface area contributed by atoms with Crippen LogP contribution in [0.5, 0.6) is 0 Å². The van der Waals surface area contributed by atoms with Gasteiger partial charge < -0.3 is 19.6 Å². The summed E-state index contributed by atoms with van der Waals surface area (Å²) in [5.74, 6) is 0.852. The zero-order chi connectivity index (χ0) is 18.8. The van der Waals surface area contributed by atoms with Gasteiger partial charge in [0.1, 0.15) is 0 Å². The summed E-state index contributed by atoms with van der Waals surface area (Å²) in [6, 6.07) is 9.14. The second-order valence-electron chi connectivity index (χ2n) is 7.65. The predicted octanol–water partition coefficient (Wildman–Crippen LogP) is 2.93. The molecule has 0 radical (unpaired) electrons. The van der Waals surface area contributed by atoms with Crippen LogP contribution >= 0.6 is 0 Å². The lowest BCUT2D eigenvalue weighted by Crippen LogP contribution is -2.44. The standard InChI is InChI=1S/C21H28N6/c1-24(2)16-17-14-22-21(23-15-17)26-10-8-18(9-11-26)27-13-12-25(3)19-6-4-5-7-20(19)27/h4-7,12-15,18H,8-11,16H2,1-3H3. The van der Waals surface area contributed by atoms with Crippen molar-refractivity contribution in [1.29, 1.82) is 0 Å². The molecule has 142 valence electrons. The molecule has 27 heavy (non-hydrogen) atoms. The molecule has 1 aromatic heterocycles. The first-order valence-electron chi connectivity index (χ1n) is 9.61. The summed E-state index contributed by atoms with van der Waals surface area (Å²) in [5, 5.41) is 0. The molecule has 6 heteroatoms. The van der Waals surface area contributed by atoms with E-state index >= 15 is 0 Å². The summed E-state index contributed by atoms with van der Waals surface area (Å²) in [6.07, 6.45) is 10.5. The summed E-state index contributed by atoms with van der Waals surface area (Å²) in [4.78, 5) is 18.2. The summed E-state index contributed by atoms with van der Waals surface area (Å²) < 4.78 is 0. The lowest BCUT2D eigenvalue weighted by atomic mass is 10.0. The number of nitrogens with zero attached hydrogens (tertiary/aromatic N) is 6. The van der Waals surface area contributed by atoms with Gasteiger partial charge in [-0.15, -0.1) is 0 Å². The van der Waals surface area contributed by atoms with E-state index in [0.29, 0.717) is 6.04 Å². The van der Waals surface area contributed by atoms with Gasteiger partial charge >= 0.3 is 0 Å². The lowest BCUT2D eigenvalue weighted by Gasteiger charge is -2.41. The number of para-hydroxylation sites is 2. The van der Waals surface area contributed by atoms with E-state index < -0.39 is 0 Å². The van der Waals surface area contributed by atoms with Crippen LogP contribution in [0, 0.1) is 0 Å². The van der Waals surface area contributed by atoms with Gasteiger partial charge in [-0.25, -0.2) is 9.97 Å². The van der Waals surface area contributed by atoms with Crippen molar-refractivity contribution in [1.82, 2.24) is 14.9 Å². The quantitative estimate of drug-likeness (QED) is 0.831. The number of fused-ring (bicyclic) bond motifs is 1. The maximum Gasteiger partial charge on any atom is 0.225 e. The molecule has 4 rings (SSSR count). The SMILES string of the molecule is CN(C)Cc1cnc(N2CCC(N3C=CN(C)c4ccccc43)CC2)nc1. The van der Waals surface area contributed by atoms with Gasteiger partial charge in [-0.05, 0) is 39.1 Å². The minimum atomic E-state index is 0.514. The van der Waals surface area contributed by atoms with Crippen LogP contribution in [-0.4, -0.2) is 55.1 Å². The maximum absolute atomic E-state index is 4.59. The maximum atomic E-state index is 4.59. The van der Waals surface area contributed by atoms with Gasteiger partial charge in [0.2, 0.25) is 5.95 Å². The van der Waals surface area contributed by atoms with Crippen LogP contribution in [0.25, 0.3) is 0 Å². The largest absolute Gasteiger partial charge is 0.348 e. The Labute approximate surface area is 161 Å². The molecular weight excluding hydrogens is 336 g/mol. The Bertz CT molecular complexity index is 793. The number of piperidine rings is 1. The van der Waals surface area contributed by atoms with Gasteiger partial charge in [-0.3, -0.25) is 0 Å². The van der Waals surface area contributed by atoms with Crippen LogP contribution in [0.15, 0.2) is 49.1 Å². The third kappa shape index (κ3) is 3.76. The molecule has 2 aromatic rings. The van der Waals surface area contributed by atoms with E-state index in [1.165, 1.54) is 11.4 Å². The van der Waals surface area contributed by atoms with Gasteiger partial charge in [0, 0.05) is 63.1 Å². The molecule has 0 bridgehead atoms. The second-order valence-corrected chi connectivity index (χ2v) is 7.65. The molecule has 0 N–H and O–H groups in total. The monoisotopic (exact) mass is 364 g/mol. The van der Waals surface area contributed by atoms with Crippen LogP contribution < -0.4 is 14.7 Å². The van der Waals surface area contributed by atoms with E-state index in [-0.39, 0.29) is 0 Å². The molecule has 1 fully saturated rings. The Hall–Kier alpha value is -2.60. The van der Waals surface area contributed by atoms with Crippen molar-refractivity contribution in [2.75, 3.05) is 48.9 Å². The van der Waals surface area contributed by atoms with Crippen molar-refractivity contribution in [3.05, 3.63) is 54.6 Å². The highest BCUT2D eigenvalue weighted by Gasteiger charge is 2.28. The molecule has 0 saturated carbocycles. The molecule has 0 aliphatic carbocycles. The van der Waals surface area contributed by atoms with Crippen molar-refractivity contribution < 1.29 is 0 Å². The van der Waals surface area contributed by atoms with Crippen molar-refractivity contribution in [3.63, 3.8) is 0 Å². The lowest BCUT2D eigenvalue weighted by molar-refractivity contribution is 0.401. The first-order chi connectivity index (χ1) is 13.1. The molecule has 3 heterocycles. The van der Waals surface area contributed by atoms with Crippen LogP contribution in [0.2, 0.25) is 0 Å². The smallest absolute Gasteiger partial charge is 0.225 e. The molecule has 0 spiro atoms. The first-order valence-corrected chi connectivity index (χ1v) is 9.61. The highest BCUT2D eigenvalue weighted by molar-refractivity contribution is 5.76. The van der Waals surface area contributed by atoms with Gasteiger partial charge in [-0.1, -0.05) is 12.1 Å². The number of hydrogen-bond donors (Lipinski definition) is 0. The highest BCUT2D eigenvalue weighted by Crippen LogP contribution is 2.35. The molecule has 0 amide bonds. The molecule has 1 saturated heterocycles. The van der Waals surface area contributed by atoms with Gasteiger partial charge in [0.05, 0.1) is 11.4 Å². The van der Waals surface area contributed by atoms with E-state index in [1.54, 1.807) is 0 Å². The summed E-state index contributed by atoms with van der Waals surface area (Å²) in [5.41, 5.74) is 3.71. The first kappa shape index (κ1) is 17.8. The number of aromatic nitrogens is 2. The number of benzene rings is 1. The highest BCUT2D eigenvalue weighted by atomic mass is 15.3. The van der Waals surface area contributed by atoms with E-state index in [4.69, 9.17) is 0 Å². The number of rotatable bonds is 4. The minimum Gasteiger partial charge on any atom is -0.348 e. The second kappa shape index (κ2) is 7.56. The van der Waals surface area contributed by atoms with Gasteiger partial charge in [0.15, 0.2) is 0 Å². The summed E-state index contributed by atoms with van der Waals surface area (Å²) in [7, 11) is 6.22. The predicted molar refractivity (Wildman–Crippen MR) is 111 cm³/mol. The summed E-state index contributed by atoms with van der Waals surface area (Å²) in [6.45, 7) is 2.84. The molecule has 6 nitrogen and oxygen atoms in total. The Morgan fingerprint density at radius 2 is 1.67 bits per heavy atom. The fraction of sp³-hybridized carbons (Fsp3) is 0.429. The summed E-state index contributed by atoms with van der Waals surface area (Å²) >= 11 is 0. The molecular formula is C21H28N6. The van der Waals surface area contributed by atoms with Crippen LogP contribution in [-0.2, 0) is 6.54 Å². The Morgan fingerprint density at radius 1 is 1.00 bits per heavy atom. The zero-order valence-corrected chi connectivity index (χ0v) is 16.4. The zero-order valence-electron chi connectivity index (χ0n) is 16.4. The molecule has 0 atom stereocenters. The molecule has 2 aliphatic heterocycles. The Kier molecular flexibility index (Phi) is 4.99. The van der Waals surface area contributed by atoms with Crippen molar-refractivity contribution in [2.45, 2.75) is 25.4 Å². The van der Waals surface area contributed by atoms with Crippen LogP contribution in [0.4, 0.5) is 17.3 Å². The fourth-order valence-electron chi connectivity index (χ4n) is 3.93. The van der Waals surface area contributed by atoms with Gasteiger partial charge in [-0.2, -0.15) is 0 Å². The normalized spacial score (nSPS) is 17.6. The van der Waals surface area contributed by atoms with E-state index in [2.05, 4.69) is 87.4 Å².